The van der Waals surface area contributed by atoms with Crippen molar-refractivity contribution in [2.45, 2.75) is 12.8 Å². The van der Waals surface area contributed by atoms with E-state index in [9.17, 15) is 9.59 Å². The molecule has 1 aliphatic rings. The molecule has 0 spiro atoms. The molecule has 1 atom stereocenters. The van der Waals surface area contributed by atoms with Gasteiger partial charge in [0.15, 0.2) is 10.8 Å². The van der Waals surface area contributed by atoms with E-state index < -0.39 is 17.1 Å². The van der Waals surface area contributed by atoms with Gasteiger partial charge in [0.25, 0.3) is 5.56 Å². The highest BCUT2D eigenvalue weighted by molar-refractivity contribution is 4.87. The van der Waals surface area contributed by atoms with Crippen LogP contribution in [0.2, 0.25) is 0 Å². The highest BCUT2D eigenvalue weighted by Gasteiger charge is 2.26. The first kappa shape index (κ1) is 12.5. The van der Waals surface area contributed by atoms with E-state index in [2.05, 4.69) is 30.8 Å². The number of fused-ring (bicyclic) bond motifs is 1. The van der Waals surface area contributed by atoms with Crippen LogP contribution in [0.3, 0.4) is 0 Å². The van der Waals surface area contributed by atoms with Gasteiger partial charge in [0.2, 0.25) is 5.85 Å². The Bertz CT molecular complexity index is 662. The van der Waals surface area contributed by atoms with Gasteiger partial charge in [-0.05, 0) is 7.05 Å². The summed E-state index contributed by atoms with van der Waals surface area (Å²) in [6.07, 6.45) is 0. The van der Waals surface area contributed by atoms with Crippen LogP contribution >= 0.6 is 0 Å². The van der Waals surface area contributed by atoms with Gasteiger partial charge in [-0.3, -0.25) is 20.2 Å². The van der Waals surface area contributed by atoms with Crippen molar-refractivity contribution in [2.24, 2.45) is 10.1 Å². The summed E-state index contributed by atoms with van der Waals surface area (Å²) in [6, 6.07) is 0. The van der Waals surface area contributed by atoms with Crippen molar-refractivity contribution >= 4 is 0 Å². The first-order valence-electron chi connectivity index (χ1n) is 5.40. The van der Waals surface area contributed by atoms with Gasteiger partial charge in [-0.1, -0.05) is 0 Å². The molecule has 98 valence electrons. The molecule has 0 bridgehead atoms. The molecule has 2 rings (SSSR count). The van der Waals surface area contributed by atoms with Gasteiger partial charge in [-0.15, -0.1) is 0 Å². The predicted octanol–water partition coefficient (Wildman–Crippen LogP) is -3.27. The molecule has 0 saturated carbocycles. The number of nitrogens with zero attached hydrogens (tertiary/aromatic N) is 2. The van der Waals surface area contributed by atoms with Crippen LogP contribution in [-0.4, -0.2) is 36.0 Å². The molecule has 0 fully saturated rings. The first-order chi connectivity index (χ1) is 8.54. The maximum atomic E-state index is 11.6. The Morgan fingerprint density at radius 3 is 2.89 bits per heavy atom. The molecule has 9 heteroatoms. The highest BCUT2D eigenvalue weighted by Crippen LogP contribution is 2.06. The van der Waals surface area contributed by atoms with Gasteiger partial charge in [-0.25, -0.2) is 9.79 Å². The van der Waals surface area contributed by atoms with Crippen LogP contribution in [0, 0.1) is 0 Å². The normalized spacial score (nSPS) is 21.4. The van der Waals surface area contributed by atoms with Gasteiger partial charge < -0.3 is 10.1 Å². The topological polar surface area (TPSA) is 124 Å². The molecular weight excluding hydrogens is 240 g/mol. The number of hydrogen-bond acceptors (Lipinski definition) is 7. The molecule has 0 saturated heterocycles. The molecule has 18 heavy (non-hydrogen) atoms. The van der Waals surface area contributed by atoms with Crippen molar-refractivity contribution in [2.75, 3.05) is 20.2 Å². The fraction of sp³-hybridized carbons (Fsp3) is 0.556. The average molecular weight is 254 g/mol. The van der Waals surface area contributed by atoms with E-state index in [-0.39, 0.29) is 10.8 Å². The summed E-state index contributed by atoms with van der Waals surface area (Å²) in [5.74, 6) is -1.12. The smallest absolute Gasteiger partial charge is 0.327 e. The van der Waals surface area contributed by atoms with Crippen molar-refractivity contribution in [1.29, 1.82) is 0 Å². The van der Waals surface area contributed by atoms with E-state index >= 15 is 0 Å². The monoisotopic (exact) mass is 254 g/mol. The number of hydrogen-bond donors (Lipinski definition) is 4. The molecule has 2 heterocycles. The summed E-state index contributed by atoms with van der Waals surface area (Å²) < 4.78 is 5.47. The Morgan fingerprint density at radius 1 is 1.39 bits per heavy atom. The molecule has 4 N–H and O–H groups in total. The molecule has 0 amide bonds. The minimum absolute atomic E-state index is 0.0420. The van der Waals surface area contributed by atoms with Gasteiger partial charge in [0, 0.05) is 13.5 Å². The minimum atomic E-state index is -1.12. The fourth-order valence-corrected chi connectivity index (χ4v) is 1.47. The van der Waals surface area contributed by atoms with Gasteiger partial charge in [0.05, 0.1) is 6.61 Å². The summed E-state index contributed by atoms with van der Waals surface area (Å²) in [5.41, 5.74) is 1.53. The SMILES string of the molecule is CNCCOC1(C)N=c2c(=O)[nH]c(=O)[nH]c2=NN1. The standard InChI is InChI=1S/C9H14N6O3/c1-9(18-4-3-10-2)13-5-6(14-15-9)11-8(17)12-7(5)16/h10,15H,3-4H2,1-2H3,(H2,11,12,14,16,17). The van der Waals surface area contributed by atoms with Crippen molar-refractivity contribution in [3.63, 3.8) is 0 Å². The van der Waals surface area contributed by atoms with Crippen molar-refractivity contribution < 1.29 is 4.74 Å². The summed E-state index contributed by atoms with van der Waals surface area (Å²) in [4.78, 5) is 31.2. The van der Waals surface area contributed by atoms with Gasteiger partial charge in [0.1, 0.15) is 0 Å². The van der Waals surface area contributed by atoms with Crippen LogP contribution in [-0.2, 0) is 4.74 Å². The molecule has 0 radical (unpaired) electrons. The Balaban J connectivity index is 2.39. The molecule has 1 aromatic rings. The Morgan fingerprint density at radius 2 is 2.17 bits per heavy atom. The average Bonchev–Trinajstić information content (AvgIpc) is 2.31. The largest absolute Gasteiger partial charge is 0.335 e. The van der Waals surface area contributed by atoms with Crippen molar-refractivity contribution in [3.05, 3.63) is 31.7 Å². The first-order valence-corrected chi connectivity index (χ1v) is 5.40. The van der Waals surface area contributed by atoms with E-state index in [1.54, 1.807) is 14.0 Å². The number of aromatic nitrogens is 2. The Kier molecular flexibility index (Phi) is 3.26. The summed E-state index contributed by atoms with van der Waals surface area (Å²) in [5, 5.41) is 6.85. The van der Waals surface area contributed by atoms with Crippen LogP contribution in [0.15, 0.2) is 19.7 Å². The van der Waals surface area contributed by atoms with Crippen LogP contribution < -0.4 is 32.8 Å². The molecule has 9 nitrogen and oxygen atoms in total. The van der Waals surface area contributed by atoms with Crippen LogP contribution in [0.4, 0.5) is 0 Å². The lowest BCUT2D eigenvalue weighted by molar-refractivity contribution is -0.0545. The molecule has 0 aliphatic carbocycles. The highest BCUT2D eigenvalue weighted by atomic mass is 16.5. The predicted molar refractivity (Wildman–Crippen MR) is 61.4 cm³/mol. The summed E-state index contributed by atoms with van der Waals surface area (Å²) in [7, 11) is 1.80. The zero-order chi connectivity index (χ0) is 13.2. The second kappa shape index (κ2) is 4.70. The summed E-state index contributed by atoms with van der Waals surface area (Å²) >= 11 is 0. The van der Waals surface area contributed by atoms with E-state index in [1.807, 2.05) is 0 Å². The van der Waals surface area contributed by atoms with Gasteiger partial charge >= 0.3 is 5.69 Å². The zero-order valence-corrected chi connectivity index (χ0v) is 10.0. The lowest BCUT2D eigenvalue weighted by Gasteiger charge is -2.26. The lowest BCUT2D eigenvalue weighted by atomic mass is 10.4. The third-order valence-corrected chi connectivity index (χ3v) is 2.33. The lowest BCUT2D eigenvalue weighted by Crippen LogP contribution is -2.57. The van der Waals surface area contributed by atoms with E-state index in [4.69, 9.17) is 4.74 Å². The van der Waals surface area contributed by atoms with Crippen molar-refractivity contribution in [3.8, 4) is 0 Å². The third kappa shape index (κ3) is 2.46. The maximum absolute atomic E-state index is 11.6. The van der Waals surface area contributed by atoms with E-state index in [0.29, 0.717) is 13.2 Å². The van der Waals surface area contributed by atoms with E-state index in [0.717, 1.165) is 0 Å². The van der Waals surface area contributed by atoms with Gasteiger partial charge in [-0.2, -0.15) is 5.10 Å². The summed E-state index contributed by atoms with van der Waals surface area (Å²) in [6.45, 7) is 2.68. The third-order valence-electron chi connectivity index (χ3n) is 2.33. The number of rotatable bonds is 4. The number of aromatic amines is 2. The molecule has 1 aliphatic heterocycles. The number of nitrogens with one attached hydrogen (secondary N) is 4. The fourth-order valence-electron chi connectivity index (χ4n) is 1.47. The molecular formula is C9H14N6O3. The van der Waals surface area contributed by atoms with Crippen molar-refractivity contribution in [1.82, 2.24) is 20.7 Å². The molecule has 1 aromatic heterocycles. The number of likely N-dealkylation sites (N-methyl/N-ethyl adjacent to an activating group) is 1. The number of ether oxygens (including phenoxy) is 1. The zero-order valence-electron chi connectivity index (χ0n) is 10.0. The molecule has 0 aromatic carbocycles. The van der Waals surface area contributed by atoms with Crippen LogP contribution in [0.5, 0.6) is 0 Å². The van der Waals surface area contributed by atoms with E-state index in [1.165, 1.54) is 0 Å². The Labute approximate surface area is 101 Å². The Hall–Kier alpha value is -2.00. The number of H-pyrrole nitrogens is 2. The second-order valence-electron chi connectivity index (χ2n) is 3.88. The molecule has 1 unspecified atom stereocenters. The van der Waals surface area contributed by atoms with Crippen LogP contribution in [0.25, 0.3) is 0 Å². The quantitative estimate of drug-likeness (QED) is 0.420. The maximum Gasteiger partial charge on any atom is 0.327 e. The van der Waals surface area contributed by atoms with Crippen LogP contribution in [0.1, 0.15) is 6.92 Å². The second-order valence-corrected chi connectivity index (χ2v) is 3.88. The minimum Gasteiger partial charge on any atom is -0.335 e.